The Morgan fingerprint density at radius 1 is 1.20 bits per heavy atom. The van der Waals surface area contributed by atoms with Crippen LogP contribution in [0.1, 0.15) is 30.1 Å². The van der Waals surface area contributed by atoms with Crippen molar-refractivity contribution in [3.05, 3.63) is 17.2 Å². The largest absolute Gasteiger partial charge is 0.467 e. The van der Waals surface area contributed by atoms with Gasteiger partial charge in [0.05, 0.1) is 25.0 Å². The Balaban J connectivity index is 1.81. The highest BCUT2D eigenvalue weighted by Crippen LogP contribution is 2.19. The van der Waals surface area contributed by atoms with Gasteiger partial charge in [-0.25, -0.2) is 13.1 Å². The zero-order valence-corrected chi connectivity index (χ0v) is 15.2. The zero-order chi connectivity index (χ0) is 18.0. The molecule has 10 nitrogen and oxygen atoms in total. The van der Waals surface area contributed by atoms with Crippen molar-refractivity contribution in [1.29, 1.82) is 0 Å². The number of H-pyrrole nitrogens is 1. The molecule has 3 heterocycles. The third kappa shape index (κ3) is 3.71. The molecule has 0 aromatic carbocycles. The summed E-state index contributed by atoms with van der Waals surface area (Å²) in [7, 11) is -2.26. The van der Waals surface area contributed by atoms with Crippen LogP contribution in [0.2, 0.25) is 0 Å². The molecular formula is C14H21N7O3S. The Morgan fingerprint density at radius 3 is 2.52 bits per heavy atom. The van der Waals surface area contributed by atoms with E-state index in [0.29, 0.717) is 23.2 Å². The molecule has 2 N–H and O–H groups in total. The maximum Gasteiger partial charge on any atom is 0.321 e. The number of nitrogens with one attached hydrogen (secondary N) is 2. The summed E-state index contributed by atoms with van der Waals surface area (Å²) in [6, 6.07) is 0.168. The molecule has 0 bridgehead atoms. The molecule has 3 rings (SSSR count). The van der Waals surface area contributed by atoms with E-state index in [1.807, 2.05) is 4.90 Å². The van der Waals surface area contributed by atoms with E-state index in [-0.39, 0.29) is 17.5 Å². The van der Waals surface area contributed by atoms with Gasteiger partial charge in [0.15, 0.2) is 5.82 Å². The fourth-order valence-electron chi connectivity index (χ4n) is 2.78. The number of methoxy groups -OCH3 is 1. The van der Waals surface area contributed by atoms with Gasteiger partial charge in [0.1, 0.15) is 4.90 Å². The lowest BCUT2D eigenvalue weighted by Gasteiger charge is -2.16. The molecule has 0 unspecified atom stereocenters. The summed E-state index contributed by atoms with van der Waals surface area (Å²) in [5.41, 5.74) is 0.895. The fraction of sp³-hybridized carbons (Fsp3) is 0.571. The molecule has 1 fully saturated rings. The van der Waals surface area contributed by atoms with Crippen molar-refractivity contribution in [3.8, 4) is 6.01 Å². The van der Waals surface area contributed by atoms with E-state index in [2.05, 4.69) is 29.9 Å². The predicted molar refractivity (Wildman–Crippen MR) is 89.9 cm³/mol. The van der Waals surface area contributed by atoms with Gasteiger partial charge in [-0.3, -0.25) is 5.10 Å². The fourth-order valence-corrected chi connectivity index (χ4v) is 4.13. The van der Waals surface area contributed by atoms with Crippen molar-refractivity contribution in [2.24, 2.45) is 0 Å². The van der Waals surface area contributed by atoms with Gasteiger partial charge in [-0.05, 0) is 26.7 Å². The molecule has 0 radical (unpaired) electrons. The molecule has 25 heavy (non-hydrogen) atoms. The molecule has 136 valence electrons. The summed E-state index contributed by atoms with van der Waals surface area (Å²) in [4.78, 5) is 14.9. The summed E-state index contributed by atoms with van der Waals surface area (Å²) in [6.07, 6.45) is 2.16. The van der Waals surface area contributed by atoms with E-state index in [1.54, 1.807) is 13.8 Å². The van der Waals surface area contributed by atoms with Crippen molar-refractivity contribution in [2.45, 2.75) is 38.1 Å². The zero-order valence-electron chi connectivity index (χ0n) is 14.4. The normalized spacial score (nSPS) is 14.9. The Hall–Kier alpha value is -2.27. The summed E-state index contributed by atoms with van der Waals surface area (Å²) in [5.74, 6) is 0.811. The molecule has 0 amide bonds. The van der Waals surface area contributed by atoms with Crippen LogP contribution in [0.3, 0.4) is 0 Å². The minimum Gasteiger partial charge on any atom is -0.467 e. The van der Waals surface area contributed by atoms with Crippen LogP contribution in [0.4, 0.5) is 5.95 Å². The molecule has 1 aliphatic rings. The number of hydrogen-bond donors (Lipinski definition) is 2. The highest BCUT2D eigenvalue weighted by Gasteiger charge is 2.23. The quantitative estimate of drug-likeness (QED) is 0.746. The van der Waals surface area contributed by atoms with Crippen LogP contribution >= 0.6 is 0 Å². The van der Waals surface area contributed by atoms with Gasteiger partial charge in [-0.2, -0.15) is 20.1 Å². The van der Waals surface area contributed by atoms with E-state index >= 15 is 0 Å². The summed E-state index contributed by atoms with van der Waals surface area (Å²) < 4.78 is 32.7. The van der Waals surface area contributed by atoms with Gasteiger partial charge in [0.2, 0.25) is 16.0 Å². The SMILES string of the molecule is COc1nc(CNS(=O)(=O)c2c(C)n[nH]c2C)nc(N2CCCC2)n1. The lowest BCUT2D eigenvalue weighted by Crippen LogP contribution is -2.27. The van der Waals surface area contributed by atoms with E-state index in [9.17, 15) is 8.42 Å². The van der Waals surface area contributed by atoms with Crippen molar-refractivity contribution < 1.29 is 13.2 Å². The molecule has 11 heteroatoms. The number of anilines is 1. The van der Waals surface area contributed by atoms with E-state index in [0.717, 1.165) is 25.9 Å². The number of aromatic amines is 1. The van der Waals surface area contributed by atoms with Gasteiger partial charge in [-0.15, -0.1) is 0 Å². The molecule has 1 saturated heterocycles. The van der Waals surface area contributed by atoms with Crippen LogP contribution < -0.4 is 14.4 Å². The standard InChI is InChI=1S/C14H21N7O3S/c1-9-12(10(2)20-19-9)25(22,23)15-8-11-16-13(18-14(17-11)24-3)21-6-4-5-7-21/h15H,4-8H2,1-3H3,(H,19,20). The van der Waals surface area contributed by atoms with Gasteiger partial charge in [0, 0.05) is 13.1 Å². The van der Waals surface area contributed by atoms with Gasteiger partial charge in [0.25, 0.3) is 0 Å². The highest BCUT2D eigenvalue weighted by atomic mass is 32.2. The van der Waals surface area contributed by atoms with Crippen LogP contribution in [0.25, 0.3) is 0 Å². The molecule has 0 atom stereocenters. The molecule has 0 spiro atoms. The second-order valence-corrected chi connectivity index (χ2v) is 7.52. The van der Waals surface area contributed by atoms with Crippen LogP contribution in [0.15, 0.2) is 4.90 Å². The van der Waals surface area contributed by atoms with Gasteiger partial charge >= 0.3 is 6.01 Å². The van der Waals surface area contributed by atoms with Crippen molar-refractivity contribution >= 4 is 16.0 Å². The van der Waals surface area contributed by atoms with Gasteiger partial charge < -0.3 is 9.64 Å². The molecule has 0 aliphatic carbocycles. The third-order valence-electron chi connectivity index (χ3n) is 3.97. The van der Waals surface area contributed by atoms with E-state index in [1.165, 1.54) is 7.11 Å². The number of aromatic nitrogens is 5. The molecule has 2 aromatic heterocycles. The van der Waals surface area contributed by atoms with Crippen LogP contribution in [-0.4, -0.2) is 53.8 Å². The van der Waals surface area contributed by atoms with Crippen molar-refractivity contribution in [1.82, 2.24) is 29.9 Å². The molecule has 0 saturated carbocycles. The lowest BCUT2D eigenvalue weighted by atomic mass is 10.4. The first kappa shape index (κ1) is 17.5. The Bertz CT molecular complexity index is 840. The summed E-state index contributed by atoms with van der Waals surface area (Å²) in [5, 5.41) is 6.59. The smallest absolute Gasteiger partial charge is 0.321 e. The number of hydrogen-bond acceptors (Lipinski definition) is 8. The first-order valence-corrected chi connectivity index (χ1v) is 9.44. The molecule has 1 aliphatic heterocycles. The average Bonchev–Trinajstić information content (AvgIpc) is 3.23. The summed E-state index contributed by atoms with van der Waals surface area (Å²) >= 11 is 0. The molecular weight excluding hydrogens is 346 g/mol. The minimum absolute atomic E-state index is 0.0634. The minimum atomic E-state index is -3.73. The Morgan fingerprint density at radius 2 is 1.92 bits per heavy atom. The number of rotatable bonds is 6. The average molecular weight is 367 g/mol. The second kappa shape index (κ2) is 6.92. The first-order chi connectivity index (χ1) is 11.9. The predicted octanol–water partition coefficient (Wildman–Crippen LogP) is 0.299. The summed E-state index contributed by atoms with van der Waals surface area (Å²) in [6.45, 7) is 4.96. The van der Waals surface area contributed by atoms with E-state index in [4.69, 9.17) is 4.74 Å². The Labute approximate surface area is 146 Å². The van der Waals surface area contributed by atoms with Crippen LogP contribution in [-0.2, 0) is 16.6 Å². The van der Waals surface area contributed by atoms with E-state index < -0.39 is 10.0 Å². The van der Waals surface area contributed by atoms with Crippen molar-refractivity contribution in [3.63, 3.8) is 0 Å². The number of ether oxygens (including phenoxy) is 1. The number of sulfonamides is 1. The topological polar surface area (TPSA) is 126 Å². The maximum absolute atomic E-state index is 12.5. The second-order valence-electron chi connectivity index (χ2n) is 5.82. The number of aryl methyl sites for hydroxylation is 2. The number of nitrogens with zero attached hydrogens (tertiary/aromatic N) is 5. The first-order valence-electron chi connectivity index (χ1n) is 7.96. The Kier molecular flexibility index (Phi) is 4.86. The lowest BCUT2D eigenvalue weighted by molar-refractivity contribution is 0.375. The van der Waals surface area contributed by atoms with Crippen molar-refractivity contribution in [2.75, 3.05) is 25.1 Å². The monoisotopic (exact) mass is 367 g/mol. The van der Waals surface area contributed by atoms with Gasteiger partial charge in [-0.1, -0.05) is 0 Å². The third-order valence-corrected chi connectivity index (χ3v) is 5.63. The maximum atomic E-state index is 12.5. The van der Waals surface area contributed by atoms with Crippen LogP contribution in [0, 0.1) is 13.8 Å². The van der Waals surface area contributed by atoms with Crippen LogP contribution in [0.5, 0.6) is 6.01 Å². The molecule has 2 aromatic rings. The highest BCUT2D eigenvalue weighted by molar-refractivity contribution is 7.89.